The van der Waals surface area contributed by atoms with Gasteiger partial charge in [0.15, 0.2) is 0 Å². The van der Waals surface area contributed by atoms with E-state index in [9.17, 15) is 13.6 Å². The van der Waals surface area contributed by atoms with Crippen molar-refractivity contribution < 1.29 is 13.6 Å². The molecule has 0 fully saturated rings. The molecule has 2 unspecified atom stereocenters. The summed E-state index contributed by atoms with van der Waals surface area (Å²) in [6, 6.07) is 2.84. The van der Waals surface area contributed by atoms with Gasteiger partial charge in [0, 0.05) is 5.56 Å². The van der Waals surface area contributed by atoms with Crippen molar-refractivity contribution in [2.75, 3.05) is 0 Å². The van der Waals surface area contributed by atoms with Crippen molar-refractivity contribution in [3.63, 3.8) is 0 Å². The molecule has 20 heavy (non-hydrogen) atoms. The summed E-state index contributed by atoms with van der Waals surface area (Å²) >= 11 is 0. The third kappa shape index (κ3) is 4.42. The summed E-state index contributed by atoms with van der Waals surface area (Å²) in [5.41, 5.74) is 4.69. The molecule has 0 aliphatic heterocycles. The highest BCUT2D eigenvalue weighted by Gasteiger charge is 2.29. The van der Waals surface area contributed by atoms with Gasteiger partial charge >= 0.3 is 0 Å². The molecule has 2 atom stereocenters. The number of hydrogen-bond acceptors (Lipinski definition) is 2. The maximum absolute atomic E-state index is 13.6. The van der Waals surface area contributed by atoms with Gasteiger partial charge in [0.05, 0.1) is 11.6 Å². The van der Waals surface area contributed by atoms with Crippen molar-refractivity contribution in [2.24, 2.45) is 5.73 Å². The minimum Gasteiger partial charge on any atom is -0.348 e. The lowest BCUT2D eigenvalue weighted by Crippen LogP contribution is -2.52. The molecule has 6 heteroatoms. The van der Waals surface area contributed by atoms with Crippen molar-refractivity contribution in [2.45, 2.75) is 45.2 Å². The zero-order valence-corrected chi connectivity index (χ0v) is 12.7. The van der Waals surface area contributed by atoms with Crippen LogP contribution in [-0.4, -0.2) is 11.4 Å². The number of rotatable bonds is 5. The standard InChI is InChI=1S/C14H20F2N2O.ClH/c1-4-8-14(3,17)13(19)18-9(2)12-10(15)6-5-7-11(12)16;/h5-7,9H,4,8,17H2,1-3H3,(H,18,19);1H. The lowest BCUT2D eigenvalue weighted by Gasteiger charge is -2.26. The Bertz CT molecular complexity index is 446. The second-order valence-corrected chi connectivity index (χ2v) is 5.00. The highest BCUT2D eigenvalue weighted by Crippen LogP contribution is 2.21. The third-order valence-electron chi connectivity index (χ3n) is 3.07. The zero-order valence-electron chi connectivity index (χ0n) is 11.9. The number of amides is 1. The van der Waals surface area contributed by atoms with E-state index in [1.54, 1.807) is 6.92 Å². The fourth-order valence-corrected chi connectivity index (χ4v) is 1.99. The number of nitrogens with one attached hydrogen (secondary N) is 1. The van der Waals surface area contributed by atoms with Crippen molar-refractivity contribution in [1.29, 1.82) is 0 Å². The second-order valence-electron chi connectivity index (χ2n) is 5.00. The van der Waals surface area contributed by atoms with Crippen LogP contribution in [0.5, 0.6) is 0 Å². The van der Waals surface area contributed by atoms with Crippen LogP contribution in [0.4, 0.5) is 8.78 Å². The van der Waals surface area contributed by atoms with Crippen molar-refractivity contribution in [1.82, 2.24) is 5.32 Å². The summed E-state index contributed by atoms with van der Waals surface area (Å²) in [5.74, 6) is -1.77. The molecule has 0 saturated heterocycles. The Labute approximate surface area is 124 Å². The highest BCUT2D eigenvalue weighted by atomic mass is 35.5. The summed E-state index contributed by atoms with van der Waals surface area (Å²) in [7, 11) is 0. The monoisotopic (exact) mass is 306 g/mol. The first-order chi connectivity index (χ1) is 8.79. The van der Waals surface area contributed by atoms with Crippen LogP contribution < -0.4 is 11.1 Å². The van der Waals surface area contributed by atoms with Gasteiger partial charge in [0.25, 0.3) is 0 Å². The minimum absolute atomic E-state index is 0. The van der Waals surface area contributed by atoms with Gasteiger partial charge in [0.2, 0.25) is 5.91 Å². The van der Waals surface area contributed by atoms with E-state index < -0.39 is 29.1 Å². The van der Waals surface area contributed by atoms with Gasteiger partial charge in [-0.25, -0.2) is 8.78 Å². The fraction of sp³-hybridized carbons (Fsp3) is 0.500. The van der Waals surface area contributed by atoms with Gasteiger partial charge in [0.1, 0.15) is 11.6 Å². The van der Waals surface area contributed by atoms with E-state index in [4.69, 9.17) is 5.73 Å². The Morgan fingerprint density at radius 1 is 1.40 bits per heavy atom. The first-order valence-electron chi connectivity index (χ1n) is 6.33. The van der Waals surface area contributed by atoms with E-state index in [0.717, 1.165) is 18.6 Å². The molecule has 1 amide bonds. The average molecular weight is 307 g/mol. The molecule has 1 aromatic carbocycles. The van der Waals surface area contributed by atoms with E-state index in [1.165, 1.54) is 13.0 Å². The molecule has 0 aliphatic carbocycles. The zero-order chi connectivity index (χ0) is 14.6. The van der Waals surface area contributed by atoms with E-state index in [1.807, 2.05) is 6.92 Å². The molecule has 0 aliphatic rings. The summed E-state index contributed by atoms with van der Waals surface area (Å²) in [4.78, 5) is 12.0. The first kappa shape index (κ1) is 18.8. The third-order valence-corrected chi connectivity index (χ3v) is 3.07. The second kappa shape index (κ2) is 7.55. The number of nitrogens with two attached hydrogens (primary N) is 1. The first-order valence-corrected chi connectivity index (χ1v) is 6.33. The maximum Gasteiger partial charge on any atom is 0.240 e. The molecule has 0 heterocycles. The quantitative estimate of drug-likeness (QED) is 0.878. The predicted octanol–water partition coefficient (Wildman–Crippen LogP) is 3.08. The van der Waals surface area contributed by atoms with E-state index >= 15 is 0 Å². The van der Waals surface area contributed by atoms with Gasteiger partial charge in [-0.3, -0.25) is 4.79 Å². The number of halogens is 3. The number of carbonyl (C=O) groups is 1. The van der Waals surface area contributed by atoms with E-state index in [2.05, 4.69) is 5.32 Å². The topological polar surface area (TPSA) is 55.1 Å². The van der Waals surface area contributed by atoms with E-state index in [0.29, 0.717) is 6.42 Å². The van der Waals surface area contributed by atoms with Crippen LogP contribution in [0.2, 0.25) is 0 Å². The molecule has 0 aromatic heterocycles. The van der Waals surface area contributed by atoms with Crippen LogP contribution in [0.25, 0.3) is 0 Å². The van der Waals surface area contributed by atoms with Gasteiger partial charge < -0.3 is 11.1 Å². The summed E-state index contributed by atoms with van der Waals surface area (Å²) in [5, 5.41) is 2.56. The fourth-order valence-electron chi connectivity index (χ4n) is 1.99. The van der Waals surface area contributed by atoms with Crippen LogP contribution >= 0.6 is 12.4 Å². The molecule has 0 bridgehead atoms. The molecular formula is C14H21ClF2N2O. The summed E-state index contributed by atoms with van der Waals surface area (Å²) in [6.07, 6.45) is 1.26. The molecule has 1 rings (SSSR count). The van der Waals surface area contributed by atoms with Crippen molar-refractivity contribution in [3.8, 4) is 0 Å². The van der Waals surface area contributed by atoms with Crippen LogP contribution in [0.1, 0.15) is 45.2 Å². The van der Waals surface area contributed by atoms with Crippen LogP contribution in [-0.2, 0) is 4.79 Å². The van der Waals surface area contributed by atoms with Gasteiger partial charge in [-0.2, -0.15) is 0 Å². The number of benzene rings is 1. The largest absolute Gasteiger partial charge is 0.348 e. The smallest absolute Gasteiger partial charge is 0.240 e. The van der Waals surface area contributed by atoms with Crippen LogP contribution in [0, 0.1) is 11.6 Å². The predicted molar refractivity (Wildman–Crippen MR) is 77.7 cm³/mol. The number of carbonyl (C=O) groups excluding carboxylic acids is 1. The van der Waals surface area contributed by atoms with Crippen LogP contribution in [0.3, 0.4) is 0 Å². The molecule has 114 valence electrons. The lowest BCUT2D eigenvalue weighted by atomic mass is 9.95. The van der Waals surface area contributed by atoms with Crippen molar-refractivity contribution >= 4 is 18.3 Å². The lowest BCUT2D eigenvalue weighted by molar-refractivity contribution is -0.126. The molecule has 1 aromatic rings. The molecule has 0 spiro atoms. The SMILES string of the molecule is CCCC(C)(N)C(=O)NC(C)c1c(F)cccc1F.Cl. The maximum atomic E-state index is 13.6. The molecule has 3 N–H and O–H groups in total. The molecule has 0 saturated carbocycles. The minimum atomic E-state index is -1.04. The number of hydrogen-bond donors (Lipinski definition) is 2. The summed E-state index contributed by atoms with van der Waals surface area (Å²) < 4.78 is 27.1. The Hall–Kier alpha value is -1.20. The van der Waals surface area contributed by atoms with Crippen molar-refractivity contribution in [3.05, 3.63) is 35.4 Å². The van der Waals surface area contributed by atoms with E-state index in [-0.39, 0.29) is 18.0 Å². The normalized spacial score (nSPS) is 14.9. The molecule has 3 nitrogen and oxygen atoms in total. The molecule has 0 radical (unpaired) electrons. The van der Waals surface area contributed by atoms with Crippen LogP contribution in [0.15, 0.2) is 18.2 Å². The average Bonchev–Trinajstić information content (AvgIpc) is 2.28. The Balaban J connectivity index is 0.00000361. The van der Waals surface area contributed by atoms with Gasteiger partial charge in [-0.15, -0.1) is 12.4 Å². The Kier molecular flexibility index (Phi) is 7.09. The Morgan fingerprint density at radius 3 is 2.35 bits per heavy atom. The Morgan fingerprint density at radius 2 is 1.90 bits per heavy atom. The van der Waals surface area contributed by atoms with Gasteiger partial charge in [-0.05, 0) is 32.4 Å². The highest BCUT2D eigenvalue weighted by molar-refractivity contribution is 5.86. The molecular weight excluding hydrogens is 286 g/mol. The van der Waals surface area contributed by atoms with Gasteiger partial charge in [-0.1, -0.05) is 19.4 Å². The summed E-state index contributed by atoms with van der Waals surface area (Å²) in [6.45, 7) is 5.05.